The highest BCUT2D eigenvalue weighted by Gasteiger charge is 2.12. The van der Waals surface area contributed by atoms with Crippen LogP contribution in [0.5, 0.6) is 0 Å². The number of nitrogens with one attached hydrogen (secondary N) is 1. The molecule has 0 fully saturated rings. The SMILES string of the molecule is CCC(CC)CN(CC)Cc1ccccc1C(=N)N. The van der Waals surface area contributed by atoms with Crippen molar-refractivity contribution < 1.29 is 0 Å². The van der Waals surface area contributed by atoms with Crippen molar-refractivity contribution in [2.45, 2.75) is 40.2 Å². The van der Waals surface area contributed by atoms with Crippen molar-refractivity contribution in [2.75, 3.05) is 13.1 Å². The molecule has 0 spiro atoms. The highest BCUT2D eigenvalue weighted by molar-refractivity contribution is 5.96. The lowest BCUT2D eigenvalue weighted by molar-refractivity contribution is 0.226. The standard InChI is InChI=1S/C16H27N3/c1-4-13(5-2)11-19(6-3)12-14-9-7-8-10-15(14)16(17)18/h7-10,13H,4-6,11-12H2,1-3H3,(H3,17,18). The van der Waals surface area contributed by atoms with Gasteiger partial charge in [0.05, 0.1) is 0 Å². The summed E-state index contributed by atoms with van der Waals surface area (Å²) in [7, 11) is 0. The Morgan fingerprint density at radius 1 is 1.21 bits per heavy atom. The van der Waals surface area contributed by atoms with Crippen LogP contribution >= 0.6 is 0 Å². The van der Waals surface area contributed by atoms with E-state index in [4.69, 9.17) is 11.1 Å². The largest absolute Gasteiger partial charge is 0.384 e. The molecule has 19 heavy (non-hydrogen) atoms. The van der Waals surface area contributed by atoms with Gasteiger partial charge in [-0.15, -0.1) is 0 Å². The fourth-order valence-corrected chi connectivity index (χ4v) is 2.38. The molecule has 0 saturated heterocycles. The lowest BCUT2D eigenvalue weighted by atomic mass is 10.0. The van der Waals surface area contributed by atoms with Crippen LogP contribution in [-0.2, 0) is 6.54 Å². The second kappa shape index (κ2) is 7.95. The molecule has 0 unspecified atom stereocenters. The van der Waals surface area contributed by atoms with Crippen molar-refractivity contribution in [1.29, 1.82) is 5.41 Å². The van der Waals surface area contributed by atoms with Gasteiger partial charge in [0.1, 0.15) is 5.84 Å². The number of nitrogens with two attached hydrogens (primary N) is 1. The molecule has 0 amide bonds. The Hall–Kier alpha value is -1.35. The molecule has 106 valence electrons. The molecule has 0 aliphatic rings. The molecule has 0 aliphatic heterocycles. The first kappa shape index (κ1) is 15.7. The molecule has 3 nitrogen and oxygen atoms in total. The summed E-state index contributed by atoms with van der Waals surface area (Å²) < 4.78 is 0. The number of benzene rings is 1. The van der Waals surface area contributed by atoms with Gasteiger partial charge in [-0.2, -0.15) is 0 Å². The van der Waals surface area contributed by atoms with E-state index >= 15 is 0 Å². The molecule has 0 aliphatic carbocycles. The number of rotatable bonds is 8. The maximum absolute atomic E-state index is 7.65. The molecule has 1 aromatic carbocycles. The Morgan fingerprint density at radius 3 is 2.37 bits per heavy atom. The summed E-state index contributed by atoms with van der Waals surface area (Å²) in [6.07, 6.45) is 2.45. The second-order valence-electron chi connectivity index (χ2n) is 5.08. The van der Waals surface area contributed by atoms with Gasteiger partial charge in [0, 0.05) is 18.7 Å². The predicted octanol–water partition coefficient (Wildman–Crippen LogP) is 3.23. The third kappa shape index (κ3) is 4.67. The number of hydrogen-bond donors (Lipinski definition) is 2. The molecule has 0 heterocycles. The molecule has 0 saturated carbocycles. The van der Waals surface area contributed by atoms with Crippen LogP contribution in [0.1, 0.15) is 44.7 Å². The van der Waals surface area contributed by atoms with Crippen molar-refractivity contribution in [1.82, 2.24) is 4.90 Å². The fraction of sp³-hybridized carbons (Fsp3) is 0.562. The number of nitrogens with zero attached hydrogens (tertiary/aromatic N) is 1. The van der Waals surface area contributed by atoms with Gasteiger partial charge in [0.25, 0.3) is 0 Å². The van der Waals surface area contributed by atoms with Gasteiger partial charge in [-0.1, -0.05) is 57.9 Å². The zero-order valence-electron chi connectivity index (χ0n) is 12.4. The molecule has 0 aromatic heterocycles. The van der Waals surface area contributed by atoms with Crippen LogP contribution in [0.25, 0.3) is 0 Å². The zero-order chi connectivity index (χ0) is 14.3. The second-order valence-corrected chi connectivity index (χ2v) is 5.08. The van der Waals surface area contributed by atoms with Crippen LogP contribution < -0.4 is 5.73 Å². The molecular formula is C16H27N3. The summed E-state index contributed by atoms with van der Waals surface area (Å²) >= 11 is 0. The fourth-order valence-electron chi connectivity index (χ4n) is 2.38. The Labute approximate surface area is 117 Å². The maximum Gasteiger partial charge on any atom is 0.123 e. The van der Waals surface area contributed by atoms with Crippen LogP contribution in [0.2, 0.25) is 0 Å². The molecule has 1 rings (SSSR count). The predicted molar refractivity (Wildman–Crippen MR) is 82.5 cm³/mol. The summed E-state index contributed by atoms with van der Waals surface area (Å²) in [5.74, 6) is 0.915. The average molecular weight is 261 g/mol. The van der Waals surface area contributed by atoms with E-state index in [9.17, 15) is 0 Å². The van der Waals surface area contributed by atoms with Gasteiger partial charge in [-0.3, -0.25) is 10.3 Å². The Balaban J connectivity index is 2.78. The summed E-state index contributed by atoms with van der Waals surface area (Å²) in [6.45, 7) is 9.73. The smallest absolute Gasteiger partial charge is 0.123 e. The molecular weight excluding hydrogens is 234 g/mol. The number of hydrogen-bond acceptors (Lipinski definition) is 2. The number of nitrogen functional groups attached to an aromatic ring is 1. The summed E-state index contributed by atoms with van der Waals surface area (Å²) in [6, 6.07) is 7.97. The van der Waals surface area contributed by atoms with E-state index < -0.39 is 0 Å². The lowest BCUT2D eigenvalue weighted by Crippen LogP contribution is -2.29. The zero-order valence-corrected chi connectivity index (χ0v) is 12.4. The van der Waals surface area contributed by atoms with E-state index in [1.54, 1.807) is 0 Å². The Morgan fingerprint density at radius 2 is 1.84 bits per heavy atom. The van der Waals surface area contributed by atoms with Gasteiger partial charge in [-0.05, 0) is 18.0 Å². The average Bonchev–Trinajstić information content (AvgIpc) is 2.43. The van der Waals surface area contributed by atoms with Crippen molar-refractivity contribution in [2.24, 2.45) is 11.7 Å². The van der Waals surface area contributed by atoms with Gasteiger partial charge in [0.15, 0.2) is 0 Å². The van der Waals surface area contributed by atoms with Crippen molar-refractivity contribution in [3.05, 3.63) is 35.4 Å². The van der Waals surface area contributed by atoms with Crippen LogP contribution in [-0.4, -0.2) is 23.8 Å². The maximum atomic E-state index is 7.65. The minimum Gasteiger partial charge on any atom is -0.384 e. The van der Waals surface area contributed by atoms with Crippen LogP contribution in [0, 0.1) is 11.3 Å². The van der Waals surface area contributed by atoms with E-state index in [0.29, 0.717) is 0 Å². The number of amidine groups is 1. The normalized spacial score (nSPS) is 11.2. The Kier molecular flexibility index (Phi) is 6.57. The van der Waals surface area contributed by atoms with Crippen molar-refractivity contribution in [3.8, 4) is 0 Å². The van der Waals surface area contributed by atoms with Gasteiger partial charge in [-0.25, -0.2) is 0 Å². The Bertz CT molecular complexity index is 397. The monoisotopic (exact) mass is 261 g/mol. The van der Waals surface area contributed by atoms with Crippen LogP contribution in [0.3, 0.4) is 0 Å². The van der Waals surface area contributed by atoms with Crippen molar-refractivity contribution in [3.63, 3.8) is 0 Å². The molecule has 0 atom stereocenters. The van der Waals surface area contributed by atoms with Crippen molar-refractivity contribution >= 4 is 5.84 Å². The first-order chi connectivity index (χ1) is 9.12. The molecule has 3 heteroatoms. The minimum absolute atomic E-state index is 0.161. The molecule has 0 radical (unpaired) electrons. The third-order valence-electron chi connectivity index (χ3n) is 3.82. The van der Waals surface area contributed by atoms with Crippen LogP contribution in [0.15, 0.2) is 24.3 Å². The lowest BCUT2D eigenvalue weighted by Gasteiger charge is -2.26. The van der Waals surface area contributed by atoms with E-state index in [0.717, 1.165) is 36.7 Å². The van der Waals surface area contributed by atoms with Gasteiger partial charge >= 0.3 is 0 Å². The first-order valence-electron chi connectivity index (χ1n) is 7.26. The highest BCUT2D eigenvalue weighted by Crippen LogP contribution is 2.15. The van der Waals surface area contributed by atoms with E-state index in [1.807, 2.05) is 18.2 Å². The van der Waals surface area contributed by atoms with Crippen LogP contribution in [0.4, 0.5) is 0 Å². The molecule has 0 bridgehead atoms. The summed E-state index contributed by atoms with van der Waals surface area (Å²) in [5, 5.41) is 7.65. The minimum atomic E-state index is 0.161. The van der Waals surface area contributed by atoms with Gasteiger partial charge < -0.3 is 5.73 Å². The molecule has 1 aromatic rings. The highest BCUT2D eigenvalue weighted by atomic mass is 15.1. The topological polar surface area (TPSA) is 53.1 Å². The van der Waals surface area contributed by atoms with E-state index in [1.165, 1.54) is 12.8 Å². The quantitative estimate of drug-likeness (QED) is 0.557. The van der Waals surface area contributed by atoms with E-state index in [2.05, 4.69) is 31.7 Å². The summed E-state index contributed by atoms with van der Waals surface area (Å²) in [4.78, 5) is 2.44. The third-order valence-corrected chi connectivity index (χ3v) is 3.82. The van der Waals surface area contributed by atoms with E-state index in [-0.39, 0.29) is 5.84 Å². The summed E-state index contributed by atoms with van der Waals surface area (Å²) in [5.41, 5.74) is 7.67. The molecule has 3 N–H and O–H groups in total. The first-order valence-corrected chi connectivity index (χ1v) is 7.26. The van der Waals surface area contributed by atoms with Gasteiger partial charge in [0.2, 0.25) is 0 Å².